The third-order valence-electron chi connectivity index (χ3n) is 4.54. The van der Waals surface area contributed by atoms with Gasteiger partial charge in [-0.3, -0.25) is 14.2 Å². The van der Waals surface area contributed by atoms with Gasteiger partial charge < -0.3 is 10.1 Å². The molecule has 1 aliphatic rings. The van der Waals surface area contributed by atoms with Crippen LogP contribution >= 0.6 is 0 Å². The van der Waals surface area contributed by atoms with Crippen molar-refractivity contribution in [1.29, 1.82) is 0 Å². The second-order valence-corrected chi connectivity index (χ2v) is 6.87. The highest BCUT2D eigenvalue weighted by atomic mass is 19.4. The largest absolute Gasteiger partial charge is 0.416 e. The number of ether oxygens (including phenoxy) is 1. The average Bonchev–Trinajstić information content (AvgIpc) is 3.21. The first-order valence-corrected chi connectivity index (χ1v) is 9.00. The Kier molecular flexibility index (Phi) is 6.18. The fraction of sp³-hybridized carbons (Fsp3) is 0.389. The number of halogens is 7. The van der Waals surface area contributed by atoms with Crippen LogP contribution in [0.1, 0.15) is 30.2 Å². The van der Waals surface area contributed by atoms with Crippen molar-refractivity contribution < 1.29 is 40.3 Å². The Labute approximate surface area is 174 Å². The van der Waals surface area contributed by atoms with Gasteiger partial charge in [-0.05, 0) is 31.0 Å². The van der Waals surface area contributed by atoms with E-state index in [0.29, 0.717) is 19.0 Å². The van der Waals surface area contributed by atoms with Gasteiger partial charge in [-0.15, -0.1) is 0 Å². The van der Waals surface area contributed by atoms with Crippen LogP contribution < -0.4 is 16.6 Å². The molecule has 1 amide bonds. The molecule has 1 saturated heterocycles. The van der Waals surface area contributed by atoms with Crippen LogP contribution in [-0.4, -0.2) is 21.6 Å². The zero-order chi connectivity index (χ0) is 23.8. The van der Waals surface area contributed by atoms with E-state index in [9.17, 15) is 45.1 Å². The number of nitrogens with one attached hydrogen (secondary N) is 1. The minimum atomic E-state index is -5.14. The molecule has 32 heavy (non-hydrogen) atoms. The summed E-state index contributed by atoms with van der Waals surface area (Å²) in [6, 6.07) is 0.380. The Balaban J connectivity index is 1.92. The molecule has 14 heteroatoms. The standard InChI is InChI=1S/C18H14F7N3O4/c19-12-7-27(14-2-1-3-32-14)16(31)28(15(12)30)8-13(29)26-11-5-9(17(20,21)22)4-10(6-11)18(23,24)25/h4-7,14H,1-3,8H2,(H,26,29)/t14-/m1/s1. The number of amides is 1. The summed E-state index contributed by atoms with van der Waals surface area (Å²) < 4.78 is 97.8. The maximum Gasteiger partial charge on any atom is 0.416 e. The van der Waals surface area contributed by atoms with E-state index < -0.39 is 64.9 Å². The fourth-order valence-electron chi connectivity index (χ4n) is 3.08. The van der Waals surface area contributed by atoms with Crippen LogP contribution in [0.15, 0.2) is 34.0 Å². The van der Waals surface area contributed by atoms with E-state index in [1.807, 2.05) is 0 Å². The van der Waals surface area contributed by atoms with Crippen molar-refractivity contribution in [2.75, 3.05) is 11.9 Å². The molecular formula is C18H14F7N3O4. The molecule has 0 bridgehead atoms. The first-order valence-electron chi connectivity index (χ1n) is 9.00. The van der Waals surface area contributed by atoms with Crippen molar-refractivity contribution in [3.05, 3.63) is 62.2 Å². The summed E-state index contributed by atoms with van der Waals surface area (Å²) in [4.78, 5) is 36.7. The minimum Gasteiger partial charge on any atom is -0.358 e. The summed E-state index contributed by atoms with van der Waals surface area (Å²) in [6.07, 6.45) is -9.68. The van der Waals surface area contributed by atoms with Crippen molar-refractivity contribution in [3.8, 4) is 0 Å². The Hall–Kier alpha value is -3.16. The number of aromatic nitrogens is 2. The third kappa shape index (κ3) is 5.00. The van der Waals surface area contributed by atoms with E-state index in [1.54, 1.807) is 5.32 Å². The molecule has 1 aromatic carbocycles. The Morgan fingerprint density at radius 1 is 1.06 bits per heavy atom. The molecular weight excluding hydrogens is 455 g/mol. The lowest BCUT2D eigenvalue weighted by molar-refractivity contribution is -0.143. The highest BCUT2D eigenvalue weighted by Crippen LogP contribution is 2.37. The number of benzene rings is 1. The van der Waals surface area contributed by atoms with Crippen molar-refractivity contribution in [1.82, 2.24) is 9.13 Å². The minimum absolute atomic E-state index is 0.132. The second-order valence-electron chi connectivity index (χ2n) is 6.87. The molecule has 0 saturated carbocycles. The lowest BCUT2D eigenvalue weighted by atomic mass is 10.1. The van der Waals surface area contributed by atoms with Gasteiger partial charge in [0, 0.05) is 12.3 Å². The molecule has 1 fully saturated rings. The van der Waals surface area contributed by atoms with Gasteiger partial charge in [0.15, 0.2) is 0 Å². The maximum atomic E-state index is 14.0. The lowest BCUT2D eigenvalue weighted by Crippen LogP contribution is -2.44. The van der Waals surface area contributed by atoms with E-state index >= 15 is 0 Å². The summed E-state index contributed by atoms with van der Waals surface area (Å²) >= 11 is 0. The van der Waals surface area contributed by atoms with Gasteiger partial charge in [0.1, 0.15) is 12.8 Å². The number of anilines is 1. The van der Waals surface area contributed by atoms with Crippen molar-refractivity contribution in [2.24, 2.45) is 0 Å². The third-order valence-corrected chi connectivity index (χ3v) is 4.54. The van der Waals surface area contributed by atoms with E-state index in [1.165, 1.54) is 0 Å². The predicted octanol–water partition coefficient (Wildman–Crippen LogP) is 3.13. The maximum absolute atomic E-state index is 14.0. The van der Waals surface area contributed by atoms with Gasteiger partial charge in [-0.2, -0.15) is 30.7 Å². The zero-order valence-corrected chi connectivity index (χ0v) is 15.9. The molecule has 3 rings (SSSR count). The van der Waals surface area contributed by atoms with Crippen LogP contribution in [0.25, 0.3) is 0 Å². The van der Waals surface area contributed by atoms with Crippen molar-refractivity contribution in [2.45, 2.75) is 38.0 Å². The van der Waals surface area contributed by atoms with Crippen molar-refractivity contribution >= 4 is 11.6 Å². The molecule has 1 atom stereocenters. The van der Waals surface area contributed by atoms with Crippen molar-refractivity contribution in [3.63, 3.8) is 0 Å². The number of carbonyl (C=O) groups is 1. The fourth-order valence-corrected chi connectivity index (χ4v) is 3.08. The Morgan fingerprint density at radius 3 is 2.16 bits per heavy atom. The van der Waals surface area contributed by atoms with Crippen LogP contribution in [0.2, 0.25) is 0 Å². The summed E-state index contributed by atoms with van der Waals surface area (Å²) in [6.45, 7) is -0.880. The van der Waals surface area contributed by atoms with E-state index in [4.69, 9.17) is 4.74 Å². The van der Waals surface area contributed by atoms with E-state index in [0.717, 1.165) is 4.57 Å². The highest BCUT2D eigenvalue weighted by molar-refractivity contribution is 5.90. The smallest absolute Gasteiger partial charge is 0.358 e. The molecule has 1 N–H and O–H groups in total. The number of nitrogens with zero attached hydrogens (tertiary/aromatic N) is 2. The van der Waals surface area contributed by atoms with Crippen LogP contribution in [0.3, 0.4) is 0 Å². The molecule has 2 aromatic rings. The monoisotopic (exact) mass is 469 g/mol. The first-order chi connectivity index (χ1) is 14.8. The van der Waals surface area contributed by atoms with Crippen LogP contribution in [-0.2, 0) is 28.4 Å². The van der Waals surface area contributed by atoms with Gasteiger partial charge >= 0.3 is 18.0 Å². The molecule has 0 unspecified atom stereocenters. The zero-order valence-electron chi connectivity index (χ0n) is 15.9. The normalized spacial score (nSPS) is 16.9. The van der Waals surface area contributed by atoms with Gasteiger partial charge in [-0.25, -0.2) is 9.36 Å². The first kappa shape index (κ1) is 23.5. The molecule has 1 aromatic heterocycles. The van der Waals surface area contributed by atoms with Gasteiger partial charge in [0.05, 0.1) is 17.3 Å². The van der Waals surface area contributed by atoms with Gasteiger partial charge in [-0.1, -0.05) is 0 Å². The molecule has 0 aliphatic carbocycles. The Morgan fingerprint density at radius 2 is 1.66 bits per heavy atom. The summed E-state index contributed by atoms with van der Waals surface area (Å²) in [5, 5.41) is 1.78. The number of hydrogen-bond donors (Lipinski definition) is 1. The second kappa shape index (κ2) is 8.41. The van der Waals surface area contributed by atoms with Crippen LogP contribution in [0, 0.1) is 5.82 Å². The topological polar surface area (TPSA) is 82.3 Å². The molecule has 0 radical (unpaired) electrons. The number of rotatable bonds is 4. The number of hydrogen-bond acceptors (Lipinski definition) is 4. The van der Waals surface area contributed by atoms with Gasteiger partial charge in [0.25, 0.3) is 5.56 Å². The summed E-state index contributed by atoms with van der Waals surface area (Å²) in [5.74, 6) is -2.72. The SMILES string of the molecule is O=C(Cn1c(=O)c(F)cn([C@H]2CCCO2)c1=O)Nc1cc(C(F)(F)F)cc(C(F)(F)F)c1. The van der Waals surface area contributed by atoms with Crippen LogP contribution in [0.4, 0.5) is 36.4 Å². The molecule has 0 spiro atoms. The number of carbonyl (C=O) groups excluding carboxylic acids is 1. The molecule has 2 heterocycles. The molecule has 7 nitrogen and oxygen atoms in total. The molecule has 1 aliphatic heterocycles. The summed E-state index contributed by atoms with van der Waals surface area (Å²) in [5.41, 5.74) is -6.84. The van der Waals surface area contributed by atoms with E-state index in [2.05, 4.69) is 0 Å². The predicted molar refractivity (Wildman–Crippen MR) is 94.2 cm³/mol. The number of alkyl halides is 6. The highest BCUT2D eigenvalue weighted by Gasteiger charge is 2.37. The van der Waals surface area contributed by atoms with Crippen LogP contribution in [0.5, 0.6) is 0 Å². The van der Waals surface area contributed by atoms with Gasteiger partial charge in [0.2, 0.25) is 11.7 Å². The quantitative estimate of drug-likeness (QED) is 0.698. The Bertz CT molecular complexity index is 1110. The average molecular weight is 469 g/mol. The molecule has 174 valence electrons. The van der Waals surface area contributed by atoms with E-state index in [-0.39, 0.29) is 29.4 Å². The lowest BCUT2D eigenvalue weighted by Gasteiger charge is -2.16. The summed E-state index contributed by atoms with van der Waals surface area (Å²) in [7, 11) is 0.